The summed E-state index contributed by atoms with van der Waals surface area (Å²) in [5.74, 6) is 0.183. The number of thioether (sulfide) groups is 1. The Balaban J connectivity index is 1.82. The quantitative estimate of drug-likeness (QED) is 0.220. The van der Waals surface area contributed by atoms with Crippen molar-refractivity contribution < 1.29 is 14.5 Å². The van der Waals surface area contributed by atoms with Crippen molar-refractivity contribution in [3.8, 4) is 0 Å². The lowest BCUT2D eigenvalue weighted by atomic mass is 10.0. The van der Waals surface area contributed by atoms with Crippen LogP contribution in [-0.2, 0) is 28.3 Å². The summed E-state index contributed by atoms with van der Waals surface area (Å²) in [5, 5.41) is 14.5. The molecule has 0 fully saturated rings. The molecule has 0 aliphatic heterocycles. The molecule has 0 aliphatic carbocycles. The third-order valence-corrected chi connectivity index (χ3v) is 7.33. The number of nitrogens with zero attached hydrogens (tertiary/aromatic N) is 2. The van der Waals surface area contributed by atoms with Gasteiger partial charge in [-0.25, -0.2) is 0 Å². The number of hydrogen-bond donors (Lipinski definition) is 1. The fourth-order valence-corrected chi connectivity index (χ4v) is 4.93. The van der Waals surface area contributed by atoms with Crippen LogP contribution in [0.1, 0.15) is 23.6 Å². The van der Waals surface area contributed by atoms with E-state index in [1.54, 1.807) is 35.2 Å². The topological polar surface area (TPSA) is 92.6 Å². The fourth-order valence-electron chi connectivity index (χ4n) is 3.73. The van der Waals surface area contributed by atoms with Crippen LogP contribution in [0.25, 0.3) is 0 Å². The summed E-state index contributed by atoms with van der Waals surface area (Å²) in [5.41, 5.74) is 2.57. The molecule has 3 rings (SSSR count). The molecular formula is C27H27Cl2N3O4S. The van der Waals surface area contributed by atoms with Gasteiger partial charge in [0.2, 0.25) is 11.8 Å². The zero-order chi connectivity index (χ0) is 26.8. The predicted octanol–water partition coefficient (Wildman–Crippen LogP) is 5.91. The van der Waals surface area contributed by atoms with Crippen molar-refractivity contribution in [3.05, 3.63) is 110 Å². The van der Waals surface area contributed by atoms with Gasteiger partial charge in [-0.15, -0.1) is 11.8 Å². The Labute approximate surface area is 230 Å². The van der Waals surface area contributed by atoms with Gasteiger partial charge >= 0.3 is 0 Å². The molecule has 10 heteroatoms. The number of non-ortho nitro benzene ring substituents is 1. The molecule has 2 amide bonds. The Morgan fingerprint density at radius 3 is 2.27 bits per heavy atom. The minimum atomic E-state index is -0.732. The van der Waals surface area contributed by atoms with Gasteiger partial charge in [0.15, 0.2) is 0 Å². The van der Waals surface area contributed by atoms with Crippen molar-refractivity contribution in [1.29, 1.82) is 0 Å². The molecular weight excluding hydrogens is 533 g/mol. The number of halogens is 2. The lowest BCUT2D eigenvalue weighted by Crippen LogP contribution is -2.51. The van der Waals surface area contributed by atoms with Crippen molar-refractivity contribution in [2.75, 3.05) is 12.3 Å². The summed E-state index contributed by atoms with van der Waals surface area (Å²) in [6.45, 7) is 2.46. The van der Waals surface area contributed by atoms with Crippen molar-refractivity contribution in [1.82, 2.24) is 10.2 Å². The van der Waals surface area contributed by atoms with Gasteiger partial charge in [-0.3, -0.25) is 19.7 Å². The van der Waals surface area contributed by atoms with E-state index < -0.39 is 11.0 Å². The maximum Gasteiger partial charge on any atom is 0.269 e. The molecule has 0 saturated heterocycles. The summed E-state index contributed by atoms with van der Waals surface area (Å²) < 4.78 is 0. The number of likely N-dealkylation sites (N-methyl/N-ethyl adjacent to an activating group) is 1. The average Bonchev–Trinajstić information content (AvgIpc) is 2.89. The SMILES string of the molecule is CCNC(=O)[C@@H](Cc1ccccc1)N(Cc1ccc(Cl)c(Cl)c1)C(=O)CSCc1ccc([N+](=O)[O-])cc1. The molecule has 0 unspecified atom stereocenters. The highest BCUT2D eigenvalue weighted by Gasteiger charge is 2.30. The lowest BCUT2D eigenvalue weighted by Gasteiger charge is -2.31. The third-order valence-electron chi connectivity index (χ3n) is 5.60. The largest absolute Gasteiger partial charge is 0.355 e. The smallest absolute Gasteiger partial charge is 0.269 e. The normalized spacial score (nSPS) is 11.5. The highest BCUT2D eigenvalue weighted by atomic mass is 35.5. The van der Waals surface area contributed by atoms with E-state index in [0.717, 1.165) is 16.7 Å². The third kappa shape index (κ3) is 8.49. The van der Waals surface area contributed by atoms with Gasteiger partial charge in [0.25, 0.3) is 5.69 Å². The first-order valence-corrected chi connectivity index (χ1v) is 13.6. The minimum absolute atomic E-state index is 0.0170. The van der Waals surface area contributed by atoms with Crippen LogP contribution in [0.5, 0.6) is 0 Å². The highest BCUT2D eigenvalue weighted by Crippen LogP contribution is 2.25. The van der Waals surface area contributed by atoms with E-state index >= 15 is 0 Å². The number of amides is 2. The van der Waals surface area contributed by atoms with Gasteiger partial charge in [-0.05, 0) is 35.7 Å². The van der Waals surface area contributed by atoms with Gasteiger partial charge in [-0.1, -0.05) is 71.7 Å². The first kappa shape index (κ1) is 28.5. The van der Waals surface area contributed by atoms with E-state index in [9.17, 15) is 19.7 Å². The first-order valence-electron chi connectivity index (χ1n) is 11.6. The number of nitro benzene ring substituents is 1. The van der Waals surface area contributed by atoms with Crippen LogP contribution in [0.4, 0.5) is 5.69 Å². The van der Waals surface area contributed by atoms with Crippen LogP contribution in [0.2, 0.25) is 10.0 Å². The second kappa shape index (κ2) is 14.0. The second-order valence-corrected chi connectivity index (χ2v) is 10.1. The van der Waals surface area contributed by atoms with Gasteiger partial charge in [0.1, 0.15) is 6.04 Å². The second-order valence-electron chi connectivity index (χ2n) is 8.29. The molecule has 0 saturated carbocycles. The number of nitrogens with one attached hydrogen (secondary N) is 1. The predicted molar refractivity (Wildman–Crippen MR) is 149 cm³/mol. The Morgan fingerprint density at radius 2 is 1.65 bits per heavy atom. The highest BCUT2D eigenvalue weighted by molar-refractivity contribution is 7.99. The standard InChI is InChI=1S/C27H27Cl2N3O4S/c1-2-30-27(34)25(15-19-6-4-3-5-7-19)31(16-21-10-13-23(28)24(29)14-21)26(33)18-37-17-20-8-11-22(12-9-20)32(35)36/h3-14,25H,2,15-18H2,1H3,(H,30,34)/t25-/m1/s1. The maximum atomic E-state index is 13.6. The van der Waals surface area contributed by atoms with Crippen LogP contribution in [-0.4, -0.2) is 40.0 Å². The number of benzene rings is 3. The molecule has 7 nitrogen and oxygen atoms in total. The zero-order valence-corrected chi connectivity index (χ0v) is 22.6. The molecule has 0 bridgehead atoms. The summed E-state index contributed by atoms with van der Waals surface area (Å²) in [6, 6.07) is 20.2. The van der Waals surface area contributed by atoms with Crippen LogP contribution in [0.15, 0.2) is 72.8 Å². The molecule has 194 valence electrons. The van der Waals surface area contributed by atoms with E-state index in [1.165, 1.54) is 23.9 Å². The molecule has 0 aliphatic rings. The van der Waals surface area contributed by atoms with E-state index in [1.807, 2.05) is 37.3 Å². The Hall–Kier alpha value is -3.07. The van der Waals surface area contributed by atoms with E-state index in [4.69, 9.17) is 23.2 Å². The van der Waals surface area contributed by atoms with Gasteiger partial charge in [0.05, 0.1) is 20.7 Å². The number of carbonyl (C=O) groups is 2. The molecule has 1 atom stereocenters. The Morgan fingerprint density at radius 1 is 0.973 bits per heavy atom. The van der Waals surface area contributed by atoms with E-state index in [0.29, 0.717) is 28.8 Å². The van der Waals surface area contributed by atoms with E-state index in [2.05, 4.69) is 5.32 Å². The lowest BCUT2D eigenvalue weighted by molar-refractivity contribution is -0.384. The van der Waals surface area contributed by atoms with Crippen molar-refractivity contribution in [2.45, 2.75) is 31.7 Å². The number of hydrogen-bond acceptors (Lipinski definition) is 5. The van der Waals surface area contributed by atoms with Crippen LogP contribution in [0.3, 0.4) is 0 Å². The summed E-state index contributed by atoms with van der Waals surface area (Å²) in [7, 11) is 0. The summed E-state index contributed by atoms with van der Waals surface area (Å²) in [6.07, 6.45) is 0.354. The van der Waals surface area contributed by atoms with Crippen LogP contribution < -0.4 is 5.32 Å². The molecule has 3 aromatic carbocycles. The number of carbonyl (C=O) groups excluding carboxylic acids is 2. The fraction of sp³-hybridized carbons (Fsp3) is 0.259. The van der Waals surface area contributed by atoms with Crippen LogP contribution >= 0.6 is 35.0 Å². The Bertz CT molecular complexity index is 1230. The molecule has 0 radical (unpaired) electrons. The van der Waals surface area contributed by atoms with Gasteiger partial charge in [-0.2, -0.15) is 0 Å². The molecule has 0 aromatic heterocycles. The molecule has 1 N–H and O–H groups in total. The molecule has 3 aromatic rings. The monoisotopic (exact) mass is 559 g/mol. The van der Waals surface area contributed by atoms with Crippen molar-refractivity contribution in [2.24, 2.45) is 0 Å². The number of rotatable bonds is 12. The Kier molecular flexibility index (Phi) is 10.8. The van der Waals surface area contributed by atoms with E-state index in [-0.39, 0.29) is 29.8 Å². The summed E-state index contributed by atoms with van der Waals surface area (Å²) >= 11 is 13.7. The van der Waals surface area contributed by atoms with Crippen LogP contribution in [0, 0.1) is 10.1 Å². The zero-order valence-electron chi connectivity index (χ0n) is 20.2. The minimum Gasteiger partial charge on any atom is -0.355 e. The average molecular weight is 561 g/mol. The van der Waals surface area contributed by atoms with Gasteiger partial charge in [0, 0.05) is 37.4 Å². The van der Waals surface area contributed by atoms with Crippen molar-refractivity contribution >= 4 is 52.5 Å². The summed E-state index contributed by atoms with van der Waals surface area (Å²) in [4.78, 5) is 38.7. The maximum absolute atomic E-state index is 13.6. The first-order chi connectivity index (χ1) is 17.8. The van der Waals surface area contributed by atoms with Gasteiger partial charge < -0.3 is 10.2 Å². The van der Waals surface area contributed by atoms with Crippen molar-refractivity contribution in [3.63, 3.8) is 0 Å². The molecule has 0 heterocycles. The molecule has 0 spiro atoms. The number of nitro groups is 1. The molecule has 37 heavy (non-hydrogen) atoms.